The molecule has 1 saturated heterocycles. The minimum atomic E-state index is -0.821. The summed E-state index contributed by atoms with van der Waals surface area (Å²) in [5, 5.41) is 4.42. The molecule has 25 heavy (non-hydrogen) atoms. The van der Waals surface area contributed by atoms with Crippen LogP contribution in [0.3, 0.4) is 0 Å². The number of carbonyl (C=O) groups is 3. The highest BCUT2D eigenvalue weighted by Crippen LogP contribution is 2.37. The third-order valence-corrected chi connectivity index (χ3v) is 5.99. The van der Waals surface area contributed by atoms with Crippen molar-refractivity contribution in [2.24, 2.45) is 0 Å². The lowest BCUT2D eigenvalue weighted by atomic mass is 9.82. The van der Waals surface area contributed by atoms with Gasteiger partial charge in [-0.3, -0.25) is 15.0 Å². The maximum absolute atomic E-state index is 12.6. The van der Waals surface area contributed by atoms with E-state index in [1.807, 2.05) is 6.20 Å². The summed E-state index contributed by atoms with van der Waals surface area (Å²) in [6.07, 6.45) is 10.1. The zero-order valence-electron chi connectivity index (χ0n) is 13.9. The number of rotatable bonds is 5. The van der Waals surface area contributed by atoms with Crippen molar-refractivity contribution in [3.05, 3.63) is 12.4 Å². The number of imide groups is 1. The molecule has 0 unspecified atom stereocenters. The molecule has 1 aromatic heterocycles. The van der Waals surface area contributed by atoms with Gasteiger partial charge in [0.05, 0.1) is 5.75 Å². The fourth-order valence-corrected chi connectivity index (χ4v) is 4.36. The average Bonchev–Trinajstić information content (AvgIpc) is 3.31. The first-order valence-electron chi connectivity index (χ1n) is 8.71. The number of carbonyl (C=O) groups excluding carboxylic acids is 3. The van der Waals surface area contributed by atoms with Gasteiger partial charge in [0.2, 0.25) is 5.91 Å². The molecular formula is C16H21N5O3S. The first kappa shape index (κ1) is 16.4. The molecule has 9 heteroatoms. The number of hydrogen-bond acceptors (Lipinski definition) is 5. The highest BCUT2D eigenvalue weighted by atomic mass is 32.2. The molecule has 4 amide bonds. The van der Waals surface area contributed by atoms with Gasteiger partial charge in [0.1, 0.15) is 5.54 Å². The number of nitrogens with one attached hydrogen (secondary N) is 2. The Kier molecular flexibility index (Phi) is 4.18. The van der Waals surface area contributed by atoms with Gasteiger partial charge in [-0.05, 0) is 25.7 Å². The van der Waals surface area contributed by atoms with Crippen LogP contribution in [0, 0.1) is 0 Å². The van der Waals surface area contributed by atoms with Gasteiger partial charge in [-0.25, -0.2) is 9.78 Å². The third kappa shape index (κ3) is 3.12. The Balaban J connectivity index is 1.35. The van der Waals surface area contributed by atoms with Crippen LogP contribution in [0.1, 0.15) is 51.0 Å². The van der Waals surface area contributed by atoms with Crippen LogP contribution in [0.25, 0.3) is 0 Å². The third-order valence-electron chi connectivity index (χ3n) is 5.01. The second-order valence-electron chi connectivity index (χ2n) is 6.89. The van der Waals surface area contributed by atoms with Crippen LogP contribution in [-0.2, 0) is 9.59 Å². The molecule has 0 radical (unpaired) electrons. The van der Waals surface area contributed by atoms with Crippen LogP contribution in [0.2, 0.25) is 0 Å². The minimum absolute atomic E-state index is 0.105. The van der Waals surface area contributed by atoms with Crippen molar-refractivity contribution < 1.29 is 14.4 Å². The Labute approximate surface area is 149 Å². The molecule has 1 spiro atoms. The number of thioether (sulfide) groups is 1. The fraction of sp³-hybridized carbons (Fsp3) is 0.625. The Morgan fingerprint density at radius 1 is 1.32 bits per heavy atom. The first-order chi connectivity index (χ1) is 12.1. The van der Waals surface area contributed by atoms with Crippen LogP contribution in [0.15, 0.2) is 17.6 Å². The zero-order chi connectivity index (χ0) is 17.4. The molecule has 0 bridgehead atoms. The number of nitrogens with zero attached hydrogens (tertiary/aromatic N) is 3. The molecule has 3 fully saturated rings. The molecular weight excluding hydrogens is 342 g/mol. The molecule has 1 aliphatic heterocycles. The molecule has 2 heterocycles. The molecule has 2 aliphatic carbocycles. The van der Waals surface area contributed by atoms with Crippen LogP contribution in [0.4, 0.5) is 4.79 Å². The van der Waals surface area contributed by atoms with E-state index in [-0.39, 0.29) is 17.6 Å². The summed E-state index contributed by atoms with van der Waals surface area (Å²) in [5.74, 6) is -0.616. The van der Waals surface area contributed by atoms with Gasteiger partial charge in [-0.1, -0.05) is 31.0 Å². The summed E-state index contributed by atoms with van der Waals surface area (Å²) < 4.78 is 2.07. The number of urea groups is 1. The summed E-state index contributed by atoms with van der Waals surface area (Å²) in [5.41, 5.74) is 1.63. The molecule has 2 N–H and O–H groups in total. The molecule has 3 aliphatic rings. The zero-order valence-corrected chi connectivity index (χ0v) is 14.7. The van der Waals surface area contributed by atoms with Crippen LogP contribution in [0.5, 0.6) is 0 Å². The highest BCUT2D eigenvalue weighted by Gasteiger charge is 2.52. The van der Waals surface area contributed by atoms with E-state index in [1.165, 1.54) is 11.8 Å². The fourth-order valence-electron chi connectivity index (χ4n) is 3.54. The summed E-state index contributed by atoms with van der Waals surface area (Å²) in [6, 6.07) is -0.0464. The van der Waals surface area contributed by atoms with E-state index in [0.29, 0.717) is 18.9 Å². The van der Waals surface area contributed by atoms with Gasteiger partial charge in [-0.15, -0.1) is 0 Å². The standard InChI is InChI=1S/C16H21N5O3S/c22-12(10-25-15-17-8-9-20(15)11-4-5-11)19-21-13(23)16(18-14(21)24)6-2-1-3-7-16/h8-9,11H,1-7,10H2,(H,18,24)(H,19,22). The minimum Gasteiger partial charge on any atom is -0.323 e. The van der Waals surface area contributed by atoms with Crippen molar-refractivity contribution in [3.63, 3.8) is 0 Å². The predicted molar refractivity (Wildman–Crippen MR) is 90.6 cm³/mol. The number of hydrogen-bond donors (Lipinski definition) is 2. The van der Waals surface area contributed by atoms with Gasteiger partial charge >= 0.3 is 6.03 Å². The molecule has 4 rings (SSSR count). The van der Waals surface area contributed by atoms with E-state index in [1.54, 1.807) is 6.20 Å². The van der Waals surface area contributed by atoms with Crippen molar-refractivity contribution in [2.45, 2.75) is 61.7 Å². The normalized spacial score (nSPS) is 22.3. The summed E-state index contributed by atoms with van der Waals surface area (Å²) in [7, 11) is 0. The molecule has 1 aromatic rings. The maximum Gasteiger partial charge on any atom is 0.344 e. The van der Waals surface area contributed by atoms with Gasteiger partial charge in [-0.2, -0.15) is 5.01 Å². The average molecular weight is 363 g/mol. The molecule has 0 aromatic carbocycles. The number of aromatic nitrogens is 2. The number of amides is 4. The maximum atomic E-state index is 12.6. The lowest BCUT2D eigenvalue weighted by molar-refractivity contribution is -0.139. The Morgan fingerprint density at radius 2 is 2.08 bits per heavy atom. The lowest BCUT2D eigenvalue weighted by Crippen LogP contribution is -2.51. The van der Waals surface area contributed by atoms with E-state index >= 15 is 0 Å². The summed E-state index contributed by atoms with van der Waals surface area (Å²) in [4.78, 5) is 41.2. The topological polar surface area (TPSA) is 96.3 Å². The molecule has 2 saturated carbocycles. The van der Waals surface area contributed by atoms with E-state index in [0.717, 1.165) is 42.3 Å². The van der Waals surface area contributed by atoms with Gasteiger partial charge in [0.25, 0.3) is 5.91 Å². The quantitative estimate of drug-likeness (QED) is 0.612. The Morgan fingerprint density at radius 3 is 2.80 bits per heavy atom. The van der Waals surface area contributed by atoms with Crippen LogP contribution < -0.4 is 10.7 Å². The Bertz CT molecular complexity index is 708. The van der Waals surface area contributed by atoms with Crippen molar-refractivity contribution in [1.82, 2.24) is 25.3 Å². The van der Waals surface area contributed by atoms with Crippen LogP contribution in [-0.4, -0.2) is 43.7 Å². The predicted octanol–water partition coefficient (Wildman–Crippen LogP) is 1.60. The van der Waals surface area contributed by atoms with Crippen LogP contribution >= 0.6 is 11.8 Å². The largest absolute Gasteiger partial charge is 0.344 e. The molecule has 0 atom stereocenters. The Hall–Kier alpha value is -2.03. The smallest absolute Gasteiger partial charge is 0.323 e. The van der Waals surface area contributed by atoms with Gasteiger partial charge in [0, 0.05) is 18.4 Å². The van der Waals surface area contributed by atoms with Gasteiger partial charge in [0.15, 0.2) is 5.16 Å². The van der Waals surface area contributed by atoms with E-state index in [9.17, 15) is 14.4 Å². The van der Waals surface area contributed by atoms with E-state index in [2.05, 4.69) is 20.3 Å². The second kappa shape index (κ2) is 6.36. The molecule has 8 nitrogen and oxygen atoms in total. The lowest BCUT2D eigenvalue weighted by Gasteiger charge is -2.30. The van der Waals surface area contributed by atoms with Crippen molar-refractivity contribution >= 4 is 29.6 Å². The first-order valence-corrected chi connectivity index (χ1v) is 9.69. The van der Waals surface area contributed by atoms with Crippen molar-refractivity contribution in [1.29, 1.82) is 0 Å². The monoisotopic (exact) mass is 363 g/mol. The van der Waals surface area contributed by atoms with E-state index < -0.39 is 11.6 Å². The summed E-state index contributed by atoms with van der Waals surface area (Å²) in [6.45, 7) is 0. The second-order valence-corrected chi connectivity index (χ2v) is 7.83. The molecule has 134 valence electrons. The number of imidazole rings is 1. The highest BCUT2D eigenvalue weighted by molar-refractivity contribution is 7.99. The van der Waals surface area contributed by atoms with Gasteiger partial charge < -0.3 is 9.88 Å². The van der Waals surface area contributed by atoms with Crippen molar-refractivity contribution in [3.8, 4) is 0 Å². The summed E-state index contributed by atoms with van der Waals surface area (Å²) >= 11 is 1.31. The van der Waals surface area contributed by atoms with E-state index in [4.69, 9.17) is 0 Å². The number of hydrazine groups is 1. The SMILES string of the molecule is O=C(CSc1nccn1C1CC1)NN1C(=O)NC2(CCCCC2)C1=O. The van der Waals surface area contributed by atoms with Crippen molar-refractivity contribution in [2.75, 3.05) is 5.75 Å².